The molecule has 0 spiro atoms. The number of carbonyl (C=O) groups is 1. The predicted octanol–water partition coefficient (Wildman–Crippen LogP) is 3.63. The fourth-order valence-electron chi connectivity index (χ4n) is 5.99. The second-order valence-corrected chi connectivity index (χ2v) is 9.21. The van der Waals surface area contributed by atoms with Crippen LogP contribution in [0.4, 0.5) is 0 Å². The van der Waals surface area contributed by atoms with E-state index in [4.69, 9.17) is 0 Å². The van der Waals surface area contributed by atoms with Crippen molar-refractivity contribution in [3.63, 3.8) is 0 Å². The molecule has 0 saturated carbocycles. The first kappa shape index (κ1) is 19.6. The van der Waals surface area contributed by atoms with Crippen LogP contribution in [0.2, 0.25) is 0 Å². The zero-order chi connectivity index (χ0) is 20.7. The highest BCUT2D eigenvalue weighted by molar-refractivity contribution is 5.82. The molecular weight excluding hydrogens is 374 g/mol. The van der Waals surface area contributed by atoms with Crippen molar-refractivity contribution in [2.45, 2.75) is 63.1 Å². The van der Waals surface area contributed by atoms with Crippen molar-refractivity contribution >= 4 is 5.91 Å². The Morgan fingerprint density at radius 3 is 2.70 bits per heavy atom. The maximum atomic E-state index is 13.4. The summed E-state index contributed by atoms with van der Waals surface area (Å²) in [4.78, 5) is 28.2. The van der Waals surface area contributed by atoms with Crippen LogP contribution in [0.25, 0.3) is 0 Å². The van der Waals surface area contributed by atoms with Gasteiger partial charge in [0, 0.05) is 42.9 Å². The van der Waals surface area contributed by atoms with Crippen LogP contribution in [-0.2, 0) is 4.79 Å². The van der Waals surface area contributed by atoms with Gasteiger partial charge >= 0.3 is 0 Å². The molecule has 3 aliphatic rings. The highest BCUT2D eigenvalue weighted by Crippen LogP contribution is 2.43. The van der Waals surface area contributed by atoms with Crippen LogP contribution in [0.3, 0.4) is 0 Å². The highest BCUT2D eigenvalue weighted by Gasteiger charge is 2.43. The van der Waals surface area contributed by atoms with Gasteiger partial charge in [0.2, 0.25) is 5.91 Å². The number of benzene rings is 1. The minimum Gasteiger partial charge on any atom is -0.340 e. The number of nitrogens with one attached hydrogen (secondary N) is 1. The van der Waals surface area contributed by atoms with Gasteiger partial charge in [0.25, 0.3) is 5.56 Å². The van der Waals surface area contributed by atoms with Crippen LogP contribution in [-0.4, -0.2) is 34.5 Å². The topological polar surface area (TPSA) is 54.3 Å². The summed E-state index contributed by atoms with van der Waals surface area (Å²) in [6.45, 7) is 3.68. The first-order valence-electron chi connectivity index (χ1n) is 11.5. The summed E-state index contributed by atoms with van der Waals surface area (Å²) in [6.07, 6.45) is 5.01. The second kappa shape index (κ2) is 8.03. The molecule has 0 radical (unpaired) electrons. The quantitative estimate of drug-likeness (QED) is 0.845. The Balaban J connectivity index is 1.35. The van der Waals surface area contributed by atoms with Gasteiger partial charge in [0.15, 0.2) is 0 Å². The van der Waals surface area contributed by atoms with Crippen molar-refractivity contribution in [1.82, 2.24) is 14.8 Å². The van der Waals surface area contributed by atoms with Crippen molar-refractivity contribution in [1.29, 1.82) is 0 Å². The molecule has 2 saturated heterocycles. The summed E-state index contributed by atoms with van der Waals surface area (Å²) in [6, 6.07) is 16.5. The molecule has 5 nitrogen and oxygen atoms in total. The first-order valence-corrected chi connectivity index (χ1v) is 11.5. The molecule has 5 rings (SSSR count). The number of aromatic nitrogens is 1. The summed E-state index contributed by atoms with van der Waals surface area (Å²) in [5, 5.41) is 3.59. The number of hydrogen-bond donors (Lipinski definition) is 1. The van der Waals surface area contributed by atoms with E-state index in [0.717, 1.165) is 50.9 Å². The summed E-state index contributed by atoms with van der Waals surface area (Å²) >= 11 is 0. The van der Waals surface area contributed by atoms with Crippen LogP contribution in [0, 0.1) is 5.92 Å². The number of hydrogen-bond acceptors (Lipinski definition) is 3. The van der Waals surface area contributed by atoms with E-state index in [-0.39, 0.29) is 35.5 Å². The van der Waals surface area contributed by atoms with Gasteiger partial charge in [-0.1, -0.05) is 49.7 Å². The van der Waals surface area contributed by atoms with E-state index in [2.05, 4.69) is 47.5 Å². The largest absolute Gasteiger partial charge is 0.340 e. The summed E-state index contributed by atoms with van der Waals surface area (Å²) in [5.74, 6) is 0.873. The summed E-state index contributed by atoms with van der Waals surface area (Å²) in [5.41, 5.74) is 2.50. The van der Waals surface area contributed by atoms with Crippen molar-refractivity contribution in [2.24, 2.45) is 5.92 Å². The molecule has 158 valence electrons. The van der Waals surface area contributed by atoms with E-state index in [1.54, 1.807) is 6.07 Å². The van der Waals surface area contributed by atoms with Crippen molar-refractivity contribution < 1.29 is 4.79 Å². The fourth-order valence-corrected chi connectivity index (χ4v) is 5.99. The second-order valence-electron chi connectivity index (χ2n) is 9.21. The van der Waals surface area contributed by atoms with Gasteiger partial charge in [0.1, 0.15) is 0 Å². The van der Waals surface area contributed by atoms with Gasteiger partial charge in [-0.05, 0) is 43.2 Å². The van der Waals surface area contributed by atoms with Crippen molar-refractivity contribution in [3.05, 3.63) is 70.1 Å². The normalized spacial score (nSPS) is 30.2. The molecule has 5 atom stereocenters. The number of rotatable bonds is 4. The Kier molecular flexibility index (Phi) is 5.23. The van der Waals surface area contributed by atoms with Crippen LogP contribution in [0.5, 0.6) is 0 Å². The number of amides is 1. The van der Waals surface area contributed by atoms with Crippen LogP contribution >= 0.6 is 0 Å². The fraction of sp³-hybridized carbons (Fsp3) is 0.520. The van der Waals surface area contributed by atoms with Crippen molar-refractivity contribution in [2.75, 3.05) is 13.1 Å². The van der Waals surface area contributed by atoms with E-state index < -0.39 is 0 Å². The highest BCUT2D eigenvalue weighted by atomic mass is 16.2. The minimum atomic E-state index is -0.100. The average Bonchev–Trinajstić information content (AvgIpc) is 3.27. The average molecular weight is 406 g/mol. The van der Waals surface area contributed by atoms with Gasteiger partial charge < -0.3 is 9.47 Å². The molecule has 5 heteroatoms. The van der Waals surface area contributed by atoms with Gasteiger partial charge in [-0.25, -0.2) is 0 Å². The molecule has 2 aromatic rings. The lowest BCUT2D eigenvalue weighted by molar-refractivity contribution is -0.136. The van der Waals surface area contributed by atoms with Crippen molar-refractivity contribution in [3.8, 4) is 0 Å². The van der Waals surface area contributed by atoms with E-state index in [1.807, 2.05) is 16.7 Å². The number of fused-ring (bicyclic) bond motifs is 4. The molecule has 1 amide bonds. The lowest BCUT2D eigenvalue weighted by atomic mass is 9.77. The number of pyridine rings is 1. The standard InChI is InChI=1S/C25H31N3O2/c1-2-7-22-18-14-19(23-10-6-11-24(29)28(22)23)16-27(15-18)25(30)21-13-12-20(26-21)17-8-4-3-5-9-17/h3-6,8-11,18-22,26H,2,7,12-16H2,1H3/t18-,19+,20+,21+,22-/m0/s1. The Morgan fingerprint density at radius 1 is 1.07 bits per heavy atom. The molecule has 0 aliphatic carbocycles. The predicted molar refractivity (Wildman–Crippen MR) is 117 cm³/mol. The van der Waals surface area contributed by atoms with Crippen LogP contribution < -0.4 is 10.9 Å². The lowest BCUT2D eigenvalue weighted by Gasteiger charge is -2.47. The maximum absolute atomic E-state index is 13.4. The molecular formula is C25H31N3O2. The molecule has 0 unspecified atom stereocenters. The monoisotopic (exact) mass is 405 g/mol. The third-order valence-electron chi connectivity index (χ3n) is 7.34. The Hall–Kier alpha value is -2.40. The molecule has 2 bridgehead atoms. The van der Waals surface area contributed by atoms with Gasteiger partial charge in [-0.15, -0.1) is 0 Å². The number of piperidine rings is 1. The molecule has 4 heterocycles. The number of nitrogens with zero attached hydrogens (tertiary/aromatic N) is 2. The Morgan fingerprint density at radius 2 is 1.90 bits per heavy atom. The van der Waals surface area contributed by atoms with Gasteiger partial charge in [-0.3, -0.25) is 14.9 Å². The van der Waals surface area contributed by atoms with Crippen LogP contribution in [0.15, 0.2) is 53.3 Å². The molecule has 30 heavy (non-hydrogen) atoms. The maximum Gasteiger partial charge on any atom is 0.250 e. The third-order valence-corrected chi connectivity index (χ3v) is 7.34. The summed E-state index contributed by atoms with van der Waals surface area (Å²) in [7, 11) is 0. The smallest absolute Gasteiger partial charge is 0.250 e. The molecule has 3 aliphatic heterocycles. The zero-order valence-corrected chi connectivity index (χ0v) is 17.7. The summed E-state index contributed by atoms with van der Waals surface area (Å²) < 4.78 is 2.05. The molecule has 1 aromatic carbocycles. The number of likely N-dealkylation sites (tertiary alicyclic amines) is 1. The van der Waals surface area contributed by atoms with Gasteiger partial charge in [-0.2, -0.15) is 0 Å². The lowest BCUT2D eigenvalue weighted by Crippen LogP contribution is -2.54. The minimum absolute atomic E-state index is 0.100. The third kappa shape index (κ3) is 3.39. The molecule has 2 fully saturated rings. The van der Waals surface area contributed by atoms with E-state index in [1.165, 1.54) is 5.56 Å². The van der Waals surface area contributed by atoms with Gasteiger partial charge in [0.05, 0.1) is 6.04 Å². The molecule has 1 N–H and O–H groups in total. The Bertz CT molecular complexity index is 970. The number of carbonyl (C=O) groups excluding carboxylic acids is 1. The zero-order valence-electron chi connectivity index (χ0n) is 17.7. The SMILES string of the molecule is CCC[C@H]1[C@H]2C[C@H](CN(C(=O)[C@H]3CC[C@H](c4ccccc4)N3)C2)c2cccc(=O)n21. The molecule has 1 aromatic heterocycles. The Labute approximate surface area is 178 Å². The van der Waals surface area contributed by atoms with Crippen LogP contribution in [0.1, 0.15) is 68.3 Å². The van der Waals surface area contributed by atoms with E-state index in [9.17, 15) is 9.59 Å². The van der Waals surface area contributed by atoms with E-state index in [0.29, 0.717) is 5.92 Å². The van der Waals surface area contributed by atoms with E-state index >= 15 is 0 Å². The first-order chi connectivity index (χ1) is 14.7.